The van der Waals surface area contributed by atoms with Gasteiger partial charge in [0.15, 0.2) is 0 Å². The van der Waals surface area contributed by atoms with Gasteiger partial charge in [-0.05, 0) is 38.0 Å². The summed E-state index contributed by atoms with van der Waals surface area (Å²) >= 11 is 0. The minimum Gasteiger partial charge on any atom is -0.478 e. The zero-order valence-corrected chi connectivity index (χ0v) is 12.5. The van der Waals surface area contributed by atoms with Crippen molar-refractivity contribution >= 4 is 17.7 Å². The summed E-state index contributed by atoms with van der Waals surface area (Å²) in [6, 6.07) is 4.60. The lowest BCUT2D eigenvalue weighted by Crippen LogP contribution is -2.52. The highest BCUT2D eigenvalue weighted by Gasteiger charge is 2.33. The lowest BCUT2D eigenvalue weighted by Gasteiger charge is -2.36. The number of carboxylic acid groups (broad SMARTS) is 1. The van der Waals surface area contributed by atoms with E-state index in [0.29, 0.717) is 18.7 Å². The van der Waals surface area contributed by atoms with Crippen molar-refractivity contribution in [3.05, 3.63) is 29.3 Å². The molecular formula is C15H20N2O4. The second kappa shape index (κ2) is 5.37. The number of hydrogen-bond donors (Lipinski definition) is 2. The Morgan fingerprint density at radius 2 is 2.05 bits per heavy atom. The summed E-state index contributed by atoms with van der Waals surface area (Å²) in [5.41, 5.74) is 1.09. The fourth-order valence-corrected chi connectivity index (χ4v) is 2.26. The first-order valence-corrected chi connectivity index (χ1v) is 6.80. The van der Waals surface area contributed by atoms with Crippen molar-refractivity contribution in [2.45, 2.75) is 25.8 Å². The van der Waals surface area contributed by atoms with Gasteiger partial charge in [-0.15, -0.1) is 0 Å². The molecule has 1 aliphatic rings. The Kier molecular flexibility index (Phi) is 3.91. The van der Waals surface area contributed by atoms with Crippen molar-refractivity contribution < 1.29 is 19.8 Å². The van der Waals surface area contributed by atoms with E-state index in [1.54, 1.807) is 37.9 Å². The first-order chi connectivity index (χ1) is 9.77. The molecule has 0 radical (unpaired) electrons. The van der Waals surface area contributed by atoms with Crippen LogP contribution in [-0.4, -0.2) is 52.9 Å². The molecule has 1 aromatic carbocycles. The average Bonchev–Trinajstić information content (AvgIpc) is 2.88. The van der Waals surface area contributed by atoms with E-state index in [2.05, 4.69) is 0 Å². The van der Waals surface area contributed by atoms with Crippen LogP contribution < -0.4 is 4.90 Å². The number of aliphatic hydroxyl groups excluding tert-OH is 1. The Labute approximate surface area is 123 Å². The largest absolute Gasteiger partial charge is 0.478 e. The molecule has 1 heterocycles. The molecule has 114 valence electrons. The first-order valence-electron chi connectivity index (χ1n) is 6.80. The van der Waals surface area contributed by atoms with E-state index in [0.717, 1.165) is 5.56 Å². The van der Waals surface area contributed by atoms with E-state index in [1.807, 2.05) is 0 Å². The van der Waals surface area contributed by atoms with Gasteiger partial charge in [0.1, 0.15) is 0 Å². The van der Waals surface area contributed by atoms with Crippen molar-refractivity contribution in [2.24, 2.45) is 0 Å². The number of carboxylic acids is 1. The molecule has 1 aromatic rings. The fourth-order valence-electron chi connectivity index (χ4n) is 2.26. The number of aromatic carboxylic acids is 1. The SMILES string of the molecule is CN(C(=O)N1CCc2ccc(C(=O)O)cc21)C(C)(C)CO. The Balaban J connectivity index is 2.32. The predicted molar refractivity (Wildman–Crippen MR) is 78.8 cm³/mol. The molecular weight excluding hydrogens is 272 g/mol. The number of rotatable bonds is 3. The van der Waals surface area contributed by atoms with Gasteiger partial charge in [-0.3, -0.25) is 4.90 Å². The van der Waals surface area contributed by atoms with Gasteiger partial charge < -0.3 is 15.1 Å². The zero-order valence-electron chi connectivity index (χ0n) is 12.5. The molecule has 6 nitrogen and oxygen atoms in total. The van der Waals surface area contributed by atoms with Crippen LogP contribution in [0.2, 0.25) is 0 Å². The summed E-state index contributed by atoms with van der Waals surface area (Å²) in [7, 11) is 1.64. The van der Waals surface area contributed by atoms with Gasteiger partial charge in [-0.25, -0.2) is 9.59 Å². The summed E-state index contributed by atoms with van der Waals surface area (Å²) in [4.78, 5) is 26.7. The topological polar surface area (TPSA) is 81.1 Å². The van der Waals surface area contributed by atoms with E-state index < -0.39 is 11.5 Å². The summed E-state index contributed by atoms with van der Waals surface area (Å²) in [5.74, 6) is -1.01. The number of urea groups is 1. The van der Waals surface area contributed by atoms with Crippen LogP contribution in [0.25, 0.3) is 0 Å². The minimum atomic E-state index is -1.01. The van der Waals surface area contributed by atoms with Gasteiger partial charge in [-0.1, -0.05) is 6.07 Å². The van der Waals surface area contributed by atoms with Crippen LogP contribution in [0.5, 0.6) is 0 Å². The second-order valence-corrected chi connectivity index (χ2v) is 5.86. The molecule has 6 heteroatoms. The number of aliphatic hydroxyl groups is 1. The number of anilines is 1. The monoisotopic (exact) mass is 292 g/mol. The molecule has 0 bridgehead atoms. The number of likely N-dealkylation sites (N-methyl/N-ethyl adjacent to an activating group) is 1. The maximum atomic E-state index is 12.6. The molecule has 0 atom stereocenters. The molecule has 0 unspecified atom stereocenters. The lowest BCUT2D eigenvalue weighted by molar-refractivity contribution is 0.0696. The highest BCUT2D eigenvalue weighted by Crippen LogP contribution is 2.31. The van der Waals surface area contributed by atoms with Crippen molar-refractivity contribution in [3.8, 4) is 0 Å². The Hall–Kier alpha value is -2.08. The quantitative estimate of drug-likeness (QED) is 0.886. The van der Waals surface area contributed by atoms with Crippen LogP contribution in [0.1, 0.15) is 29.8 Å². The van der Waals surface area contributed by atoms with Gasteiger partial charge in [0, 0.05) is 19.3 Å². The fraction of sp³-hybridized carbons (Fsp3) is 0.467. The normalized spacial score (nSPS) is 14.0. The highest BCUT2D eigenvalue weighted by atomic mass is 16.4. The molecule has 0 spiro atoms. The third-order valence-corrected chi connectivity index (χ3v) is 4.04. The van der Waals surface area contributed by atoms with Crippen LogP contribution in [0.4, 0.5) is 10.5 Å². The van der Waals surface area contributed by atoms with Crippen LogP contribution in [-0.2, 0) is 6.42 Å². The predicted octanol–water partition coefficient (Wildman–Crippen LogP) is 1.57. The number of fused-ring (bicyclic) bond motifs is 1. The molecule has 0 aliphatic carbocycles. The highest BCUT2D eigenvalue weighted by molar-refractivity contribution is 5.97. The molecule has 2 N–H and O–H groups in total. The van der Waals surface area contributed by atoms with Crippen LogP contribution in [0, 0.1) is 0 Å². The first kappa shape index (κ1) is 15.3. The molecule has 2 rings (SSSR count). The van der Waals surface area contributed by atoms with Crippen molar-refractivity contribution in [3.63, 3.8) is 0 Å². The van der Waals surface area contributed by atoms with Crippen molar-refractivity contribution in [2.75, 3.05) is 25.1 Å². The van der Waals surface area contributed by atoms with Crippen molar-refractivity contribution in [1.29, 1.82) is 0 Å². The summed E-state index contributed by atoms with van der Waals surface area (Å²) in [6.45, 7) is 3.92. The number of carbonyl (C=O) groups is 2. The Morgan fingerprint density at radius 3 is 2.62 bits per heavy atom. The van der Waals surface area contributed by atoms with Crippen molar-refractivity contribution in [1.82, 2.24) is 4.90 Å². The van der Waals surface area contributed by atoms with Gasteiger partial charge in [0.25, 0.3) is 0 Å². The molecule has 0 aromatic heterocycles. The van der Waals surface area contributed by atoms with E-state index in [1.165, 1.54) is 11.0 Å². The second-order valence-electron chi connectivity index (χ2n) is 5.86. The standard InChI is InChI=1S/C15H20N2O4/c1-15(2,9-18)16(3)14(21)17-7-6-10-4-5-11(13(19)20)8-12(10)17/h4-5,8,18H,6-7,9H2,1-3H3,(H,19,20). The summed E-state index contributed by atoms with van der Waals surface area (Å²) < 4.78 is 0. The molecule has 0 saturated carbocycles. The number of hydrogen-bond acceptors (Lipinski definition) is 3. The third kappa shape index (κ3) is 2.71. The number of carbonyl (C=O) groups excluding carboxylic acids is 1. The van der Waals surface area contributed by atoms with Gasteiger partial charge in [-0.2, -0.15) is 0 Å². The van der Waals surface area contributed by atoms with Crippen LogP contribution in [0.15, 0.2) is 18.2 Å². The number of amides is 2. The minimum absolute atomic E-state index is 0.148. The lowest BCUT2D eigenvalue weighted by atomic mass is 10.1. The van der Waals surface area contributed by atoms with Crippen LogP contribution >= 0.6 is 0 Å². The maximum Gasteiger partial charge on any atom is 0.335 e. The molecule has 1 aliphatic heterocycles. The average molecular weight is 292 g/mol. The van der Waals surface area contributed by atoms with E-state index >= 15 is 0 Å². The molecule has 0 saturated heterocycles. The van der Waals surface area contributed by atoms with Gasteiger partial charge >= 0.3 is 12.0 Å². The van der Waals surface area contributed by atoms with Crippen LogP contribution in [0.3, 0.4) is 0 Å². The Bertz CT molecular complexity index is 583. The summed E-state index contributed by atoms with van der Waals surface area (Å²) in [5, 5.41) is 18.4. The third-order valence-electron chi connectivity index (χ3n) is 4.04. The molecule has 21 heavy (non-hydrogen) atoms. The maximum absolute atomic E-state index is 12.6. The van der Waals surface area contributed by atoms with Gasteiger partial charge in [0.05, 0.1) is 17.7 Å². The van der Waals surface area contributed by atoms with E-state index in [-0.39, 0.29) is 18.2 Å². The zero-order chi connectivity index (χ0) is 15.8. The van der Waals surface area contributed by atoms with E-state index in [9.17, 15) is 14.7 Å². The van der Waals surface area contributed by atoms with E-state index in [4.69, 9.17) is 5.11 Å². The summed E-state index contributed by atoms with van der Waals surface area (Å²) in [6.07, 6.45) is 0.703. The Morgan fingerprint density at radius 1 is 1.38 bits per heavy atom. The van der Waals surface area contributed by atoms with Gasteiger partial charge in [0.2, 0.25) is 0 Å². The number of nitrogens with zero attached hydrogens (tertiary/aromatic N) is 2. The molecule has 2 amide bonds. The number of benzene rings is 1. The molecule has 0 fully saturated rings. The smallest absolute Gasteiger partial charge is 0.335 e.